The van der Waals surface area contributed by atoms with Crippen LogP contribution in [-0.2, 0) is 11.0 Å². The summed E-state index contributed by atoms with van der Waals surface area (Å²) in [6.45, 7) is 4.87. The zero-order chi connectivity index (χ0) is 16.3. The summed E-state index contributed by atoms with van der Waals surface area (Å²) in [4.78, 5) is 11.4. The molecule has 0 spiro atoms. The maximum atomic E-state index is 13.0. The minimum absolute atomic E-state index is 0.0496. The molecular weight excluding hydrogens is 283 g/mol. The maximum absolute atomic E-state index is 13.0. The summed E-state index contributed by atoms with van der Waals surface area (Å²) in [5, 5.41) is 12.1. The van der Waals surface area contributed by atoms with Gasteiger partial charge in [-0.15, -0.1) is 0 Å². The van der Waals surface area contributed by atoms with Gasteiger partial charge >= 0.3 is 12.1 Å². The number of alkyl halides is 3. The molecule has 0 saturated carbocycles. The molecule has 0 amide bonds. The van der Waals surface area contributed by atoms with Gasteiger partial charge in [0.2, 0.25) is 0 Å². The van der Waals surface area contributed by atoms with Crippen molar-refractivity contribution in [3.05, 3.63) is 35.4 Å². The molecule has 2 atom stereocenters. The zero-order valence-electron chi connectivity index (χ0n) is 12.3. The lowest BCUT2D eigenvalue weighted by Gasteiger charge is -2.31. The average Bonchev–Trinajstić information content (AvgIpc) is 2.37. The number of carboxylic acid groups (broad SMARTS) is 1. The predicted molar refractivity (Wildman–Crippen MR) is 73.9 cm³/mol. The Bertz CT molecular complexity index is 502. The van der Waals surface area contributed by atoms with Crippen molar-refractivity contribution in [1.29, 1.82) is 0 Å². The van der Waals surface area contributed by atoms with Crippen LogP contribution in [0.2, 0.25) is 0 Å². The van der Waals surface area contributed by atoms with Crippen molar-refractivity contribution in [3.63, 3.8) is 0 Å². The molecule has 0 bridgehead atoms. The smallest absolute Gasteiger partial charge is 0.416 e. The minimum atomic E-state index is -4.46. The van der Waals surface area contributed by atoms with Gasteiger partial charge in [0.15, 0.2) is 0 Å². The summed E-state index contributed by atoms with van der Waals surface area (Å²) in [5.74, 6) is -1.07. The standard InChI is InChI=1S/C15H20F3NO2/c1-4-9-14(3,13(20)21)19-10(2)11-7-5-6-8-12(11)15(16,17)18/h5-8,10,19H,4,9H2,1-3H3,(H,20,21). The van der Waals surface area contributed by atoms with E-state index in [9.17, 15) is 23.1 Å². The molecule has 0 aromatic heterocycles. The monoisotopic (exact) mass is 303 g/mol. The van der Waals surface area contributed by atoms with Crippen LogP contribution < -0.4 is 5.32 Å². The van der Waals surface area contributed by atoms with Crippen LogP contribution in [0.3, 0.4) is 0 Å². The first-order valence-electron chi connectivity index (χ1n) is 6.79. The molecule has 0 radical (unpaired) electrons. The summed E-state index contributed by atoms with van der Waals surface area (Å²) in [7, 11) is 0. The van der Waals surface area contributed by atoms with E-state index in [1.165, 1.54) is 25.1 Å². The Hall–Kier alpha value is -1.56. The van der Waals surface area contributed by atoms with E-state index in [0.29, 0.717) is 12.8 Å². The number of aliphatic carboxylic acids is 1. The quantitative estimate of drug-likeness (QED) is 0.835. The van der Waals surface area contributed by atoms with Gasteiger partial charge in [0.1, 0.15) is 5.54 Å². The summed E-state index contributed by atoms with van der Waals surface area (Å²) >= 11 is 0. The van der Waals surface area contributed by atoms with Crippen molar-refractivity contribution >= 4 is 5.97 Å². The van der Waals surface area contributed by atoms with Gasteiger partial charge in [-0.05, 0) is 31.9 Å². The van der Waals surface area contributed by atoms with Gasteiger partial charge in [0.25, 0.3) is 0 Å². The van der Waals surface area contributed by atoms with Crippen LogP contribution in [0.1, 0.15) is 50.8 Å². The number of carbonyl (C=O) groups is 1. The highest BCUT2D eigenvalue weighted by Gasteiger charge is 2.37. The van der Waals surface area contributed by atoms with Gasteiger partial charge in [-0.3, -0.25) is 10.1 Å². The largest absolute Gasteiger partial charge is 0.480 e. The van der Waals surface area contributed by atoms with Crippen molar-refractivity contribution in [2.24, 2.45) is 0 Å². The Morgan fingerprint density at radius 1 is 1.33 bits per heavy atom. The highest BCUT2D eigenvalue weighted by atomic mass is 19.4. The van der Waals surface area contributed by atoms with Crippen LogP contribution in [0.5, 0.6) is 0 Å². The number of hydrogen-bond acceptors (Lipinski definition) is 2. The van der Waals surface area contributed by atoms with Crippen LogP contribution in [0.15, 0.2) is 24.3 Å². The Labute approximate surface area is 122 Å². The molecule has 0 aliphatic rings. The Morgan fingerprint density at radius 3 is 2.38 bits per heavy atom. The van der Waals surface area contributed by atoms with Gasteiger partial charge in [-0.1, -0.05) is 31.5 Å². The zero-order valence-corrected chi connectivity index (χ0v) is 12.3. The van der Waals surface area contributed by atoms with E-state index in [0.717, 1.165) is 6.07 Å². The van der Waals surface area contributed by atoms with Gasteiger partial charge in [-0.25, -0.2) is 0 Å². The molecular formula is C15H20F3NO2. The number of benzene rings is 1. The summed E-state index contributed by atoms with van der Waals surface area (Å²) in [6.07, 6.45) is -3.51. The van der Waals surface area contributed by atoms with Crippen molar-refractivity contribution in [2.75, 3.05) is 0 Å². The van der Waals surface area contributed by atoms with E-state index in [1.54, 1.807) is 6.92 Å². The predicted octanol–water partition coefficient (Wildman–Crippen LogP) is 4.00. The first-order chi connectivity index (χ1) is 9.62. The molecule has 21 heavy (non-hydrogen) atoms. The normalized spacial score (nSPS) is 16.3. The number of hydrogen-bond donors (Lipinski definition) is 2. The molecule has 0 fully saturated rings. The highest BCUT2D eigenvalue weighted by molar-refractivity contribution is 5.78. The van der Waals surface area contributed by atoms with Crippen LogP contribution >= 0.6 is 0 Å². The third-order valence-corrected chi connectivity index (χ3v) is 3.49. The number of halogens is 3. The van der Waals surface area contributed by atoms with Crippen LogP contribution in [-0.4, -0.2) is 16.6 Å². The SMILES string of the molecule is CCCC(C)(NC(C)c1ccccc1C(F)(F)F)C(=O)O. The fourth-order valence-electron chi connectivity index (χ4n) is 2.43. The molecule has 118 valence electrons. The third-order valence-electron chi connectivity index (χ3n) is 3.49. The minimum Gasteiger partial charge on any atom is -0.480 e. The van der Waals surface area contributed by atoms with E-state index in [2.05, 4.69) is 5.32 Å². The van der Waals surface area contributed by atoms with E-state index >= 15 is 0 Å². The average molecular weight is 303 g/mol. The molecule has 0 aliphatic carbocycles. The van der Waals surface area contributed by atoms with Crippen molar-refractivity contribution in [3.8, 4) is 0 Å². The van der Waals surface area contributed by atoms with Gasteiger partial charge in [0.05, 0.1) is 5.56 Å². The number of nitrogens with one attached hydrogen (secondary N) is 1. The second-order valence-corrected chi connectivity index (χ2v) is 5.34. The lowest BCUT2D eigenvalue weighted by atomic mass is 9.92. The molecule has 0 heterocycles. The Balaban J connectivity index is 3.10. The van der Waals surface area contributed by atoms with Crippen LogP contribution in [0.25, 0.3) is 0 Å². The van der Waals surface area contributed by atoms with E-state index in [4.69, 9.17) is 0 Å². The van der Waals surface area contributed by atoms with Gasteiger partial charge in [-0.2, -0.15) is 13.2 Å². The summed E-state index contributed by atoms with van der Waals surface area (Å²) in [6, 6.07) is 4.48. The first-order valence-corrected chi connectivity index (χ1v) is 6.79. The second kappa shape index (κ2) is 6.47. The van der Waals surface area contributed by atoms with E-state index in [1.807, 2.05) is 6.92 Å². The Morgan fingerprint density at radius 2 is 1.90 bits per heavy atom. The molecule has 2 unspecified atom stereocenters. The molecule has 0 saturated heterocycles. The summed E-state index contributed by atoms with van der Waals surface area (Å²) in [5.41, 5.74) is -1.95. The van der Waals surface area contributed by atoms with E-state index < -0.39 is 29.3 Å². The first kappa shape index (κ1) is 17.5. The van der Waals surface area contributed by atoms with E-state index in [-0.39, 0.29) is 5.56 Å². The lowest BCUT2D eigenvalue weighted by molar-refractivity contribution is -0.144. The van der Waals surface area contributed by atoms with Crippen LogP contribution in [0.4, 0.5) is 13.2 Å². The molecule has 0 aliphatic heterocycles. The summed E-state index contributed by atoms with van der Waals surface area (Å²) < 4.78 is 39.0. The molecule has 1 rings (SSSR count). The van der Waals surface area contributed by atoms with Crippen molar-refractivity contribution in [1.82, 2.24) is 5.32 Å². The molecule has 6 heteroatoms. The number of rotatable bonds is 6. The Kier molecular flexibility index (Phi) is 5.39. The highest BCUT2D eigenvalue weighted by Crippen LogP contribution is 2.35. The van der Waals surface area contributed by atoms with Crippen LogP contribution in [0, 0.1) is 0 Å². The van der Waals surface area contributed by atoms with Gasteiger partial charge in [0, 0.05) is 6.04 Å². The van der Waals surface area contributed by atoms with Crippen molar-refractivity contribution < 1.29 is 23.1 Å². The second-order valence-electron chi connectivity index (χ2n) is 5.34. The molecule has 1 aromatic rings. The lowest BCUT2D eigenvalue weighted by Crippen LogP contribution is -2.50. The topological polar surface area (TPSA) is 49.3 Å². The molecule has 3 nitrogen and oxygen atoms in total. The maximum Gasteiger partial charge on any atom is 0.416 e. The van der Waals surface area contributed by atoms with Crippen molar-refractivity contribution in [2.45, 2.75) is 51.4 Å². The molecule has 1 aromatic carbocycles. The fourth-order valence-corrected chi connectivity index (χ4v) is 2.43. The fraction of sp³-hybridized carbons (Fsp3) is 0.533. The third kappa shape index (κ3) is 4.20. The number of carboxylic acids is 1. The molecule has 2 N–H and O–H groups in total. The van der Waals surface area contributed by atoms with Gasteiger partial charge < -0.3 is 5.11 Å².